The molecule has 1 aliphatic heterocycles. The van der Waals surface area contributed by atoms with Crippen LogP contribution >= 0.6 is 24.0 Å². The van der Waals surface area contributed by atoms with Crippen LogP contribution in [-0.2, 0) is 6.54 Å². The van der Waals surface area contributed by atoms with E-state index in [9.17, 15) is 0 Å². The third-order valence-electron chi connectivity index (χ3n) is 4.35. The second-order valence-electron chi connectivity index (χ2n) is 6.52. The van der Waals surface area contributed by atoms with Crippen LogP contribution in [0.5, 0.6) is 0 Å². The number of benzene rings is 1. The van der Waals surface area contributed by atoms with E-state index in [4.69, 9.17) is 4.99 Å². The number of halogens is 1. The van der Waals surface area contributed by atoms with Gasteiger partial charge in [-0.25, -0.2) is 4.99 Å². The topological polar surface area (TPSA) is 39.7 Å². The van der Waals surface area contributed by atoms with Crippen molar-refractivity contribution in [3.05, 3.63) is 35.4 Å². The number of guanidine groups is 1. The highest BCUT2D eigenvalue weighted by Gasteiger charge is 2.21. The summed E-state index contributed by atoms with van der Waals surface area (Å²) in [6.45, 7) is 12.8. The van der Waals surface area contributed by atoms with E-state index >= 15 is 0 Å². The fourth-order valence-corrected chi connectivity index (χ4v) is 3.05. The van der Waals surface area contributed by atoms with Gasteiger partial charge in [-0.05, 0) is 51.3 Å². The Labute approximate surface area is 164 Å². The summed E-state index contributed by atoms with van der Waals surface area (Å²) in [4.78, 5) is 7.28. The molecule has 1 aromatic rings. The number of rotatable bonds is 7. The minimum Gasteiger partial charge on any atom is -0.357 e. The van der Waals surface area contributed by atoms with Crippen molar-refractivity contribution in [2.24, 2.45) is 10.9 Å². The lowest BCUT2D eigenvalue weighted by atomic mass is 10.1. The van der Waals surface area contributed by atoms with Gasteiger partial charge >= 0.3 is 0 Å². The van der Waals surface area contributed by atoms with E-state index in [2.05, 4.69) is 60.6 Å². The fourth-order valence-electron chi connectivity index (χ4n) is 3.05. The molecule has 24 heavy (non-hydrogen) atoms. The maximum atomic E-state index is 4.71. The Balaban J connectivity index is 0.00000288. The first-order valence-electron chi connectivity index (χ1n) is 9.01. The van der Waals surface area contributed by atoms with Crippen LogP contribution in [0.4, 0.5) is 0 Å². The van der Waals surface area contributed by atoms with Gasteiger partial charge in [0.15, 0.2) is 5.96 Å². The Hall–Kier alpha value is -0.820. The number of aliphatic imine (C=N–C) groups is 1. The van der Waals surface area contributed by atoms with E-state index in [1.54, 1.807) is 0 Å². The molecular weight excluding hydrogens is 411 g/mol. The summed E-state index contributed by atoms with van der Waals surface area (Å²) in [6, 6.07) is 8.60. The molecule has 0 saturated carbocycles. The van der Waals surface area contributed by atoms with Crippen LogP contribution in [0.2, 0.25) is 0 Å². The normalized spacial score (nSPS) is 18.3. The molecule has 0 bridgehead atoms. The molecule has 1 aromatic carbocycles. The van der Waals surface area contributed by atoms with Crippen LogP contribution in [0.15, 0.2) is 29.3 Å². The van der Waals surface area contributed by atoms with E-state index < -0.39 is 0 Å². The Bertz CT molecular complexity index is 487. The van der Waals surface area contributed by atoms with Crippen LogP contribution in [0, 0.1) is 12.8 Å². The molecule has 1 saturated heterocycles. The summed E-state index contributed by atoms with van der Waals surface area (Å²) in [5.74, 6) is 1.67. The Morgan fingerprint density at radius 2 is 1.96 bits per heavy atom. The third-order valence-corrected chi connectivity index (χ3v) is 4.35. The number of nitrogens with zero attached hydrogens (tertiary/aromatic N) is 2. The monoisotopic (exact) mass is 444 g/mol. The third kappa shape index (κ3) is 7.38. The van der Waals surface area contributed by atoms with Gasteiger partial charge in [0.25, 0.3) is 0 Å². The average Bonchev–Trinajstić information content (AvgIpc) is 3.00. The van der Waals surface area contributed by atoms with E-state index in [-0.39, 0.29) is 24.0 Å². The molecule has 0 aliphatic carbocycles. The van der Waals surface area contributed by atoms with E-state index in [0.29, 0.717) is 0 Å². The largest absolute Gasteiger partial charge is 0.357 e. The number of nitrogens with one attached hydrogen (secondary N) is 2. The lowest BCUT2D eigenvalue weighted by molar-refractivity contribution is 0.324. The first-order chi connectivity index (χ1) is 11.2. The van der Waals surface area contributed by atoms with Crippen molar-refractivity contribution in [2.45, 2.75) is 40.2 Å². The highest BCUT2D eigenvalue weighted by atomic mass is 127. The van der Waals surface area contributed by atoms with Crippen LogP contribution in [-0.4, -0.2) is 43.6 Å². The van der Waals surface area contributed by atoms with E-state index in [0.717, 1.165) is 31.5 Å². The van der Waals surface area contributed by atoms with Crippen molar-refractivity contribution in [3.63, 3.8) is 0 Å². The smallest absolute Gasteiger partial charge is 0.191 e. The van der Waals surface area contributed by atoms with Crippen LogP contribution in [0.3, 0.4) is 0 Å². The second-order valence-corrected chi connectivity index (χ2v) is 6.52. The van der Waals surface area contributed by atoms with Crippen molar-refractivity contribution in [1.29, 1.82) is 0 Å². The van der Waals surface area contributed by atoms with Crippen molar-refractivity contribution in [1.82, 2.24) is 15.5 Å². The molecule has 5 heteroatoms. The summed E-state index contributed by atoms with van der Waals surface area (Å²) in [5, 5.41) is 6.87. The quantitative estimate of drug-likeness (QED) is 0.385. The average molecular weight is 444 g/mol. The fraction of sp³-hybridized carbons (Fsp3) is 0.632. The van der Waals surface area contributed by atoms with Crippen molar-refractivity contribution in [2.75, 3.05) is 32.7 Å². The molecular formula is C19H33IN4. The summed E-state index contributed by atoms with van der Waals surface area (Å²) in [6.07, 6.45) is 2.55. The minimum absolute atomic E-state index is 0. The van der Waals surface area contributed by atoms with E-state index in [1.807, 2.05) is 0 Å². The Morgan fingerprint density at radius 1 is 1.21 bits per heavy atom. The maximum absolute atomic E-state index is 4.71. The minimum atomic E-state index is 0. The SMILES string of the molecule is CCCN1CCC(CNC(=NCc2ccc(C)cc2)NCC)C1.I. The molecule has 1 unspecified atom stereocenters. The Morgan fingerprint density at radius 3 is 2.62 bits per heavy atom. The van der Waals surface area contributed by atoms with Crippen LogP contribution in [0.25, 0.3) is 0 Å². The molecule has 2 rings (SSSR count). The van der Waals surface area contributed by atoms with Gasteiger partial charge in [-0.2, -0.15) is 0 Å². The van der Waals surface area contributed by atoms with Gasteiger partial charge in [-0.15, -0.1) is 24.0 Å². The van der Waals surface area contributed by atoms with Gasteiger partial charge < -0.3 is 15.5 Å². The molecule has 1 heterocycles. The van der Waals surface area contributed by atoms with Gasteiger partial charge in [0.1, 0.15) is 0 Å². The number of likely N-dealkylation sites (tertiary alicyclic amines) is 1. The lowest BCUT2D eigenvalue weighted by Gasteiger charge is -2.17. The lowest BCUT2D eigenvalue weighted by Crippen LogP contribution is -2.40. The first kappa shape index (κ1) is 21.2. The zero-order chi connectivity index (χ0) is 16.5. The highest BCUT2D eigenvalue weighted by molar-refractivity contribution is 14.0. The number of hydrogen-bond acceptors (Lipinski definition) is 2. The van der Waals surface area contributed by atoms with Gasteiger partial charge in [0, 0.05) is 19.6 Å². The number of aryl methyl sites for hydroxylation is 1. The highest BCUT2D eigenvalue weighted by Crippen LogP contribution is 2.15. The first-order valence-corrected chi connectivity index (χ1v) is 9.01. The molecule has 0 radical (unpaired) electrons. The van der Waals surface area contributed by atoms with Crippen molar-refractivity contribution < 1.29 is 0 Å². The molecule has 1 aliphatic rings. The summed E-state index contributed by atoms with van der Waals surface area (Å²) in [7, 11) is 0. The van der Waals surface area contributed by atoms with Crippen molar-refractivity contribution in [3.8, 4) is 0 Å². The molecule has 4 nitrogen and oxygen atoms in total. The summed E-state index contributed by atoms with van der Waals surface area (Å²) < 4.78 is 0. The summed E-state index contributed by atoms with van der Waals surface area (Å²) >= 11 is 0. The number of hydrogen-bond donors (Lipinski definition) is 2. The maximum Gasteiger partial charge on any atom is 0.191 e. The van der Waals surface area contributed by atoms with Gasteiger partial charge in [0.2, 0.25) is 0 Å². The van der Waals surface area contributed by atoms with Gasteiger partial charge in [-0.3, -0.25) is 0 Å². The molecule has 0 spiro atoms. The second kappa shape index (κ2) is 11.7. The zero-order valence-electron chi connectivity index (χ0n) is 15.3. The van der Waals surface area contributed by atoms with Gasteiger partial charge in [0.05, 0.1) is 6.54 Å². The molecule has 0 aromatic heterocycles. The Kier molecular flexibility index (Phi) is 10.3. The van der Waals surface area contributed by atoms with E-state index in [1.165, 1.54) is 43.6 Å². The zero-order valence-corrected chi connectivity index (χ0v) is 17.7. The summed E-state index contributed by atoms with van der Waals surface area (Å²) in [5.41, 5.74) is 2.54. The van der Waals surface area contributed by atoms with Crippen LogP contribution in [0.1, 0.15) is 37.8 Å². The molecule has 1 fully saturated rings. The van der Waals surface area contributed by atoms with Crippen LogP contribution < -0.4 is 10.6 Å². The molecule has 1 atom stereocenters. The predicted molar refractivity (Wildman–Crippen MR) is 114 cm³/mol. The predicted octanol–water partition coefficient (Wildman–Crippen LogP) is 3.40. The molecule has 0 amide bonds. The van der Waals surface area contributed by atoms with Gasteiger partial charge in [-0.1, -0.05) is 36.8 Å². The molecule has 2 N–H and O–H groups in total. The molecule has 136 valence electrons. The standard InChI is InChI=1S/C19H32N4.HI/c1-4-11-23-12-10-18(15-23)14-22-19(20-5-2)21-13-17-8-6-16(3)7-9-17;/h6-9,18H,4-5,10-15H2,1-3H3,(H2,20,21,22);1H. The van der Waals surface area contributed by atoms with Crippen molar-refractivity contribution >= 4 is 29.9 Å².